The molecule has 1 aliphatic heterocycles. The SMILES string of the molecule is CC1CN(S)C(=O)N1. The Labute approximate surface area is 53.6 Å². The van der Waals surface area contributed by atoms with E-state index < -0.39 is 0 Å². The highest BCUT2D eigenvalue weighted by molar-refractivity contribution is 7.78. The van der Waals surface area contributed by atoms with Gasteiger partial charge in [0.25, 0.3) is 0 Å². The maximum absolute atomic E-state index is 10.5. The summed E-state index contributed by atoms with van der Waals surface area (Å²) >= 11 is 3.87. The van der Waals surface area contributed by atoms with E-state index in [1.807, 2.05) is 6.92 Å². The topological polar surface area (TPSA) is 32.3 Å². The second kappa shape index (κ2) is 1.85. The lowest BCUT2D eigenvalue weighted by Gasteiger charge is -1.99. The van der Waals surface area contributed by atoms with E-state index in [0.717, 1.165) is 0 Å². The van der Waals surface area contributed by atoms with Crippen LogP contribution in [0, 0.1) is 0 Å². The number of nitrogens with zero attached hydrogens (tertiary/aromatic N) is 1. The highest BCUT2D eigenvalue weighted by atomic mass is 32.1. The number of urea groups is 1. The summed E-state index contributed by atoms with van der Waals surface area (Å²) in [5.41, 5.74) is 0. The molecule has 2 amide bonds. The molecule has 0 aliphatic carbocycles. The molecule has 46 valence electrons. The van der Waals surface area contributed by atoms with Crippen LogP contribution in [0.15, 0.2) is 0 Å². The van der Waals surface area contributed by atoms with Crippen LogP contribution in [0.2, 0.25) is 0 Å². The Morgan fingerprint density at radius 3 is 2.75 bits per heavy atom. The molecule has 1 saturated heterocycles. The second-order valence-corrected chi connectivity index (χ2v) is 2.42. The minimum atomic E-state index is -0.0965. The number of nitrogens with one attached hydrogen (secondary N) is 1. The van der Waals surface area contributed by atoms with Gasteiger partial charge in [-0.3, -0.25) is 4.31 Å². The van der Waals surface area contributed by atoms with E-state index in [9.17, 15) is 4.79 Å². The second-order valence-electron chi connectivity index (χ2n) is 1.93. The van der Waals surface area contributed by atoms with E-state index in [4.69, 9.17) is 0 Å². The third-order valence-electron chi connectivity index (χ3n) is 1.05. The van der Waals surface area contributed by atoms with Gasteiger partial charge < -0.3 is 5.32 Å². The number of carbonyl (C=O) groups excluding carboxylic acids is 1. The Balaban J connectivity index is 2.51. The minimum Gasteiger partial charge on any atom is -0.333 e. The Morgan fingerprint density at radius 1 is 2.00 bits per heavy atom. The van der Waals surface area contributed by atoms with Crippen LogP contribution >= 0.6 is 12.8 Å². The molecule has 3 nitrogen and oxygen atoms in total. The largest absolute Gasteiger partial charge is 0.333 e. The predicted octanol–water partition coefficient (Wildman–Crippen LogP) is 0.245. The van der Waals surface area contributed by atoms with Gasteiger partial charge in [-0.1, -0.05) is 12.8 Å². The van der Waals surface area contributed by atoms with Crippen molar-refractivity contribution in [1.29, 1.82) is 0 Å². The summed E-state index contributed by atoms with van der Waals surface area (Å²) in [4.78, 5) is 10.5. The molecule has 1 aliphatic rings. The van der Waals surface area contributed by atoms with Crippen molar-refractivity contribution in [3.05, 3.63) is 0 Å². The summed E-state index contributed by atoms with van der Waals surface area (Å²) in [7, 11) is 0. The highest BCUT2D eigenvalue weighted by Crippen LogP contribution is 2.03. The Kier molecular flexibility index (Phi) is 1.33. The van der Waals surface area contributed by atoms with Gasteiger partial charge in [-0.2, -0.15) is 0 Å². The van der Waals surface area contributed by atoms with Crippen molar-refractivity contribution in [2.24, 2.45) is 0 Å². The third kappa shape index (κ3) is 0.888. The molecule has 0 spiro atoms. The third-order valence-corrected chi connectivity index (χ3v) is 1.40. The minimum absolute atomic E-state index is 0.0965. The Bertz CT molecular complexity index is 117. The molecule has 0 saturated carbocycles. The van der Waals surface area contributed by atoms with Gasteiger partial charge in [0, 0.05) is 6.04 Å². The van der Waals surface area contributed by atoms with Crippen LogP contribution in [0.3, 0.4) is 0 Å². The zero-order chi connectivity index (χ0) is 6.15. The van der Waals surface area contributed by atoms with E-state index >= 15 is 0 Å². The maximum atomic E-state index is 10.5. The number of rotatable bonds is 0. The molecule has 1 rings (SSSR count). The van der Waals surface area contributed by atoms with E-state index in [1.165, 1.54) is 4.31 Å². The standard InChI is InChI=1S/C4H8N2OS/c1-3-2-6(8)4(7)5-3/h3,8H,2H2,1H3,(H,5,7). The van der Waals surface area contributed by atoms with Gasteiger partial charge in [0.2, 0.25) is 0 Å². The molecule has 1 unspecified atom stereocenters. The lowest BCUT2D eigenvalue weighted by atomic mass is 10.4. The molecule has 4 heteroatoms. The summed E-state index contributed by atoms with van der Waals surface area (Å²) in [5.74, 6) is 0. The molecule has 8 heavy (non-hydrogen) atoms. The van der Waals surface area contributed by atoms with Gasteiger partial charge in [-0.05, 0) is 6.92 Å². The first kappa shape index (κ1) is 5.75. The van der Waals surface area contributed by atoms with E-state index in [0.29, 0.717) is 6.54 Å². The summed E-state index contributed by atoms with van der Waals surface area (Å²) in [6.07, 6.45) is 0. The van der Waals surface area contributed by atoms with E-state index in [-0.39, 0.29) is 12.1 Å². The van der Waals surface area contributed by atoms with Gasteiger partial charge in [0.15, 0.2) is 0 Å². The van der Waals surface area contributed by atoms with Crippen LogP contribution in [-0.4, -0.2) is 22.9 Å². The molecule has 0 radical (unpaired) electrons. The zero-order valence-corrected chi connectivity index (χ0v) is 5.48. The highest BCUT2D eigenvalue weighted by Gasteiger charge is 2.21. The van der Waals surface area contributed by atoms with Gasteiger partial charge >= 0.3 is 6.03 Å². The van der Waals surface area contributed by atoms with Crippen molar-refractivity contribution < 1.29 is 4.79 Å². The van der Waals surface area contributed by atoms with E-state index in [1.54, 1.807) is 0 Å². The molecule has 1 atom stereocenters. The van der Waals surface area contributed by atoms with Crippen molar-refractivity contribution in [1.82, 2.24) is 9.62 Å². The number of amides is 2. The smallest absolute Gasteiger partial charge is 0.327 e. The van der Waals surface area contributed by atoms with Gasteiger partial charge in [-0.25, -0.2) is 4.79 Å². The van der Waals surface area contributed by atoms with E-state index in [2.05, 4.69) is 18.1 Å². The Morgan fingerprint density at radius 2 is 2.62 bits per heavy atom. The van der Waals surface area contributed by atoms with Gasteiger partial charge in [-0.15, -0.1) is 0 Å². The van der Waals surface area contributed by atoms with Crippen LogP contribution in [0.5, 0.6) is 0 Å². The van der Waals surface area contributed by atoms with Crippen LogP contribution in [0.1, 0.15) is 6.92 Å². The zero-order valence-electron chi connectivity index (χ0n) is 4.59. The van der Waals surface area contributed by atoms with Crippen molar-refractivity contribution in [2.45, 2.75) is 13.0 Å². The molecule has 0 aromatic heterocycles. The van der Waals surface area contributed by atoms with Crippen molar-refractivity contribution in [3.8, 4) is 0 Å². The maximum Gasteiger partial charge on any atom is 0.327 e. The first-order valence-corrected chi connectivity index (χ1v) is 2.87. The van der Waals surface area contributed by atoms with Crippen molar-refractivity contribution in [3.63, 3.8) is 0 Å². The quantitative estimate of drug-likeness (QED) is 0.455. The predicted molar refractivity (Wildman–Crippen MR) is 33.7 cm³/mol. The Hall–Kier alpha value is -0.380. The molecular formula is C4H8N2OS. The lowest BCUT2D eigenvalue weighted by molar-refractivity contribution is 0.238. The fraction of sp³-hybridized carbons (Fsp3) is 0.750. The summed E-state index contributed by atoms with van der Waals surface area (Å²) in [6.45, 7) is 2.63. The lowest BCUT2D eigenvalue weighted by Crippen LogP contribution is -2.23. The first-order chi connectivity index (χ1) is 3.70. The van der Waals surface area contributed by atoms with Gasteiger partial charge in [0.1, 0.15) is 0 Å². The molecule has 1 fully saturated rings. The number of hydrogen-bond donors (Lipinski definition) is 2. The molecule has 1 N–H and O–H groups in total. The average molecular weight is 132 g/mol. The molecule has 1 heterocycles. The number of hydrogen-bond acceptors (Lipinski definition) is 2. The van der Waals surface area contributed by atoms with Crippen molar-refractivity contribution >= 4 is 18.8 Å². The van der Waals surface area contributed by atoms with Crippen LogP contribution in [-0.2, 0) is 0 Å². The fourth-order valence-corrected chi connectivity index (χ4v) is 0.976. The fourth-order valence-electron chi connectivity index (χ4n) is 0.673. The monoisotopic (exact) mass is 132 g/mol. The summed E-state index contributed by atoms with van der Waals surface area (Å²) in [5, 5.41) is 2.68. The normalized spacial score (nSPS) is 28.5. The molecule has 0 aromatic rings. The van der Waals surface area contributed by atoms with Gasteiger partial charge in [0.05, 0.1) is 6.54 Å². The molecule has 0 bridgehead atoms. The van der Waals surface area contributed by atoms with Crippen LogP contribution in [0.25, 0.3) is 0 Å². The average Bonchev–Trinajstić information content (AvgIpc) is 1.85. The number of thiol groups is 1. The summed E-state index contributed by atoms with van der Waals surface area (Å²) < 4.78 is 1.37. The summed E-state index contributed by atoms with van der Waals surface area (Å²) in [6, 6.07) is 0.154. The molecule has 0 aromatic carbocycles. The van der Waals surface area contributed by atoms with Crippen LogP contribution in [0.4, 0.5) is 4.79 Å². The number of carbonyl (C=O) groups is 1. The van der Waals surface area contributed by atoms with Crippen LogP contribution < -0.4 is 5.32 Å². The first-order valence-electron chi connectivity index (χ1n) is 2.47. The molecular weight excluding hydrogens is 124 g/mol. The van der Waals surface area contributed by atoms with Crippen molar-refractivity contribution in [2.75, 3.05) is 6.54 Å².